The van der Waals surface area contributed by atoms with Gasteiger partial charge in [0.15, 0.2) is 0 Å². The number of fused-ring (bicyclic) bond motifs is 3. The highest BCUT2D eigenvalue weighted by atomic mass is 19.4. The van der Waals surface area contributed by atoms with Crippen LogP contribution in [0.5, 0.6) is 0 Å². The van der Waals surface area contributed by atoms with Gasteiger partial charge in [0.1, 0.15) is 77.2 Å². The lowest BCUT2D eigenvalue weighted by Gasteiger charge is -2.46. The number of nitrogens with zero attached hydrogens (tertiary/aromatic N) is 9. The molecule has 2 aliphatic carbocycles. The van der Waals surface area contributed by atoms with Crippen LogP contribution >= 0.6 is 0 Å². The van der Waals surface area contributed by atoms with E-state index < -0.39 is 235 Å². The smallest absolute Gasteiger partial charge is 0.347 e. The normalized spacial score (nSPS) is 26.6. The highest BCUT2D eigenvalue weighted by Gasteiger charge is 2.54. The van der Waals surface area contributed by atoms with Gasteiger partial charge in [0.05, 0.1) is 31.6 Å². The first-order valence-corrected chi connectivity index (χ1v) is 35.0. The van der Waals surface area contributed by atoms with Gasteiger partial charge in [0, 0.05) is 75.8 Å². The summed E-state index contributed by atoms with van der Waals surface area (Å²) in [6.07, 6.45) is -9.65. The quantitative estimate of drug-likeness (QED) is 0.209. The summed E-state index contributed by atoms with van der Waals surface area (Å²) in [5, 5.41) is 7.91. The Balaban J connectivity index is 1.32. The van der Waals surface area contributed by atoms with Crippen LogP contribution in [0, 0.1) is 23.5 Å². The van der Waals surface area contributed by atoms with Gasteiger partial charge in [-0.3, -0.25) is 57.5 Å². The zero-order chi connectivity index (χ0) is 77.4. The molecule has 2 saturated carbocycles. The van der Waals surface area contributed by atoms with E-state index in [4.69, 9.17) is 0 Å². The molecule has 24 nitrogen and oxygen atoms in total. The van der Waals surface area contributed by atoms with Crippen LogP contribution < -0.4 is 16.0 Å². The summed E-state index contributed by atoms with van der Waals surface area (Å²) in [5.74, 6) is -16.0. The molecule has 12 amide bonds. The lowest BCUT2D eigenvalue weighted by Crippen LogP contribution is -2.68. The fourth-order valence-corrected chi connectivity index (χ4v) is 14.4. The number of rotatable bonds is 10. The molecule has 0 radical (unpaired) electrons. The van der Waals surface area contributed by atoms with Crippen molar-refractivity contribution in [3.63, 3.8) is 0 Å². The van der Waals surface area contributed by atoms with Crippen molar-refractivity contribution in [2.75, 3.05) is 82.6 Å². The molecule has 10 atom stereocenters. The molecule has 104 heavy (non-hydrogen) atoms. The molecule has 7 rings (SSSR count). The van der Waals surface area contributed by atoms with E-state index in [1.54, 1.807) is 32.9 Å². The minimum atomic E-state index is -5.48. The van der Waals surface area contributed by atoms with Crippen LogP contribution in [0.25, 0.3) is 0 Å². The molecule has 1 spiro atoms. The van der Waals surface area contributed by atoms with Crippen LogP contribution in [0.4, 0.5) is 39.5 Å². The van der Waals surface area contributed by atoms with Crippen LogP contribution in [0.15, 0.2) is 48.6 Å². The maximum atomic E-state index is 16.0. The summed E-state index contributed by atoms with van der Waals surface area (Å²) in [7, 11) is 10.4. The van der Waals surface area contributed by atoms with E-state index >= 15 is 37.1 Å². The van der Waals surface area contributed by atoms with Crippen molar-refractivity contribution in [3.8, 4) is 0 Å². The van der Waals surface area contributed by atoms with Crippen LogP contribution in [0.2, 0.25) is 0 Å². The SMILES string of the molecule is CC[C@H](C)[C@@H]1NC(=O)[C@H](CC)N(C)C(=O)C[C@@H](C(=O)N(C)C)N(C)C(=O)[C@H](C2CCCC2)N(C)C(=O)C2(CCC2)NC(=O)[C@@H]2C[C@@H](F)CN2C(=O)[C@H](CCc2cc(F)c(C(F)(F)F)c(F)c2)NC(=O)CN(C)C(=O)[C@H](Cc2ccc(C(F)(F)F)cc2)N2CC/C=C\C[C@@H](C2=O)N(C)C(=O)CN(C)C1=O. The number of alkyl halides is 7. The van der Waals surface area contributed by atoms with Crippen LogP contribution in [0.1, 0.15) is 133 Å². The summed E-state index contributed by atoms with van der Waals surface area (Å²) in [4.78, 5) is 187. The zero-order valence-corrected chi connectivity index (χ0v) is 60.4. The Morgan fingerprint density at radius 1 is 0.663 bits per heavy atom. The van der Waals surface area contributed by atoms with Gasteiger partial charge in [-0.1, -0.05) is 64.3 Å². The molecule has 0 unspecified atom stereocenters. The second-order valence-corrected chi connectivity index (χ2v) is 28.3. The Hall–Kier alpha value is -8.81. The molecule has 2 aromatic carbocycles. The number of carbonyl (C=O) groups excluding carboxylic acids is 12. The average molecular weight is 1480 g/mol. The first-order chi connectivity index (χ1) is 48.7. The fraction of sp³-hybridized carbons (Fsp3) is 0.634. The lowest BCUT2D eigenvalue weighted by atomic mass is 9.74. The first-order valence-electron chi connectivity index (χ1n) is 35.0. The maximum Gasteiger partial charge on any atom is 0.422 e. The molecular formula is C71H95F9N12O12. The number of halogens is 9. The summed E-state index contributed by atoms with van der Waals surface area (Å²) in [5.41, 5.74) is -5.45. The van der Waals surface area contributed by atoms with Crippen molar-refractivity contribution in [1.29, 1.82) is 0 Å². The molecule has 3 aliphatic heterocycles. The molecule has 3 N–H and O–H groups in total. The standard InChI is InChI=1S/C71H95F9N12O12/c1-12-40(3)58-66(102)86(7)39-56(95)88(9)50-22-15-14-18-31-91(65(50)101)53(34-41-23-26-44(27-24-41)70(75,76)77)64(100)85(6)38-54(93)81-48(28-25-42-32-46(73)57(47(74)33-42)71(78,79)80)62(98)92-37-45(72)35-51(92)61(97)83-69(29-19-30-69)68(104)90(11)59(43-20-16-17-21-43)67(103)89(10)52(63(99)84(4)5)36-55(94)87(8)49(13-2)60(96)82-58/h14-15,23-24,26-27,32-33,40,43,45,48-53,58-59H,12-13,16-22,25,28-31,34-39H2,1-11H3,(H,81,93)(H,82,96)(H,83,97)/b15-14-/t40-,45+,48-,49-,50-,51-,52-,53-,58-,59-/m0/s1. The minimum Gasteiger partial charge on any atom is -0.347 e. The van der Waals surface area contributed by atoms with Gasteiger partial charge in [0.2, 0.25) is 70.9 Å². The van der Waals surface area contributed by atoms with Crippen molar-refractivity contribution in [3.05, 3.63) is 82.4 Å². The Morgan fingerprint density at radius 2 is 1.28 bits per heavy atom. The second-order valence-electron chi connectivity index (χ2n) is 28.3. The van der Waals surface area contributed by atoms with Gasteiger partial charge in [0.25, 0.3) is 0 Å². The number of hydrogen-bond acceptors (Lipinski definition) is 12. The molecule has 3 heterocycles. The predicted octanol–water partition coefficient (Wildman–Crippen LogP) is 5.04. The van der Waals surface area contributed by atoms with E-state index in [9.17, 15) is 59.9 Å². The Labute approximate surface area is 598 Å². The number of aryl methyl sites for hydroxylation is 1. The zero-order valence-electron chi connectivity index (χ0n) is 60.4. The highest BCUT2D eigenvalue weighted by Crippen LogP contribution is 2.40. The summed E-state index contributed by atoms with van der Waals surface area (Å²) in [6.45, 7) is 2.22. The molecule has 5 aliphatic rings. The van der Waals surface area contributed by atoms with Crippen molar-refractivity contribution in [2.24, 2.45) is 11.8 Å². The Bertz CT molecular complexity index is 3550. The van der Waals surface area contributed by atoms with Gasteiger partial charge >= 0.3 is 12.4 Å². The first kappa shape index (κ1) is 82.5. The van der Waals surface area contributed by atoms with Crippen molar-refractivity contribution in [1.82, 2.24) is 60.0 Å². The Morgan fingerprint density at radius 3 is 1.84 bits per heavy atom. The number of benzene rings is 2. The van der Waals surface area contributed by atoms with E-state index in [-0.39, 0.29) is 44.2 Å². The van der Waals surface area contributed by atoms with Gasteiger partial charge in [-0.05, 0) is 111 Å². The molecule has 2 bridgehead atoms. The van der Waals surface area contributed by atoms with Gasteiger partial charge in [-0.2, -0.15) is 26.3 Å². The van der Waals surface area contributed by atoms with Gasteiger partial charge in [-0.15, -0.1) is 0 Å². The molecule has 574 valence electrons. The second kappa shape index (κ2) is 34.4. The average Bonchev–Trinajstić information content (AvgIpc) is 1.16. The molecule has 33 heteroatoms. The predicted molar refractivity (Wildman–Crippen MR) is 359 cm³/mol. The molecule has 4 fully saturated rings. The highest BCUT2D eigenvalue weighted by molar-refractivity contribution is 6.01. The largest absolute Gasteiger partial charge is 0.422 e. The number of carbonyl (C=O) groups is 12. The van der Waals surface area contributed by atoms with Gasteiger partial charge in [-0.25, -0.2) is 13.2 Å². The third-order valence-corrected chi connectivity index (χ3v) is 21.0. The van der Waals surface area contributed by atoms with E-state index in [1.807, 2.05) is 0 Å². The van der Waals surface area contributed by atoms with E-state index in [2.05, 4.69) is 16.0 Å². The fourth-order valence-electron chi connectivity index (χ4n) is 14.4. The van der Waals surface area contributed by atoms with Gasteiger partial charge < -0.3 is 60.0 Å². The van der Waals surface area contributed by atoms with E-state index in [1.165, 1.54) is 49.3 Å². The Kier molecular flexibility index (Phi) is 27.3. The van der Waals surface area contributed by atoms with Crippen LogP contribution in [-0.4, -0.2) is 258 Å². The summed E-state index contributed by atoms with van der Waals surface area (Å²) in [6, 6.07) is -7.97. The van der Waals surface area contributed by atoms with Crippen molar-refractivity contribution >= 4 is 70.9 Å². The number of nitrogens with one attached hydrogen (secondary N) is 3. The lowest BCUT2D eigenvalue weighted by molar-refractivity contribution is -0.157. The third-order valence-electron chi connectivity index (χ3n) is 21.0. The summed E-state index contributed by atoms with van der Waals surface area (Å²) < 4.78 is 129. The third kappa shape index (κ3) is 19.0. The van der Waals surface area contributed by atoms with E-state index in [0.29, 0.717) is 50.7 Å². The van der Waals surface area contributed by atoms with Crippen molar-refractivity contribution in [2.45, 2.75) is 196 Å². The number of amides is 12. The molecular weight excluding hydrogens is 1380 g/mol. The minimum absolute atomic E-state index is 0.0287. The van der Waals surface area contributed by atoms with E-state index in [0.717, 1.165) is 75.4 Å². The van der Waals surface area contributed by atoms with Crippen molar-refractivity contribution < 1.29 is 97.0 Å². The maximum absolute atomic E-state index is 16.0. The van der Waals surface area contributed by atoms with Crippen LogP contribution in [-0.2, 0) is 82.7 Å². The molecule has 0 aromatic heterocycles. The summed E-state index contributed by atoms with van der Waals surface area (Å²) >= 11 is 0. The topological polar surface area (TPSA) is 270 Å². The number of likely N-dealkylation sites (N-methyl/N-ethyl adjacent to an activating group) is 7. The molecule has 2 saturated heterocycles. The monoisotopic (exact) mass is 1480 g/mol. The molecule has 2 aromatic rings. The number of hydrogen-bond donors (Lipinski definition) is 3. The van der Waals surface area contributed by atoms with Crippen LogP contribution in [0.3, 0.4) is 0 Å².